The molecule has 0 aromatic rings. The largest absolute Gasteiger partial charge is 0.462 e. The number of esters is 2. The standard InChI is InChI=1S/C26H42O6.C25H38O6/c1-6-8-16(3)31-32-18-11-12-25(4)17(13-18)14-20(27)23-19-9-10-21(30-22(28)7-2)26(19,5)15-29-24(23)25;1-6-7-15(2)30-31-18-10-11-24(4)17(12-18)13-20(27)22-19-8-9-21(29-16(3)26)25(19,5)14-28-23(22)24/h17-21,23-24,27H,3,6-15H2,1-2,4-5H3;13,18-23,27H,2,6-12,14H2,1,3-5H3/t17?,18-,19?,20-,21-,23?,24?,25-,26-;18-,19?,20-,21-,22?,23?,24-,25-/m00/s1. The molecule has 0 aromatic carbocycles. The number of hydrogen-bond donors (Lipinski definition) is 2. The molecule has 0 radical (unpaired) electrons. The second-order valence-corrected chi connectivity index (χ2v) is 21.7. The molecule has 2 heterocycles. The summed E-state index contributed by atoms with van der Waals surface area (Å²) in [6.45, 7) is 25.4. The van der Waals surface area contributed by atoms with Crippen LogP contribution < -0.4 is 0 Å². The van der Waals surface area contributed by atoms with Gasteiger partial charge in [0.05, 0.1) is 37.6 Å². The van der Waals surface area contributed by atoms with Crippen LogP contribution in [0.1, 0.15) is 158 Å². The fourth-order valence-electron chi connectivity index (χ4n) is 14.0. The molecule has 7 fully saturated rings. The first-order chi connectivity index (χ1) is 29.9. The van der Waals surface area contributed by atoms with Crippen LogP contribution >= 0.6 is 0 Å². The average molecular weight is 885 g/mol. The number of carbonyl (C=O) groups excluding carboxylic acids is 2. The minimum Gasteiger partial charge on any atom is -0.462 e. The molecule has 6 aliphatic carbocycles. The van der Waals surface area contributed by atoms with Crippen LogP contribution in [0.3, 0.4) is 0 Å². The van der Waals surface area contributed by atoms with Crippen LogP contribution in [0.25, 0.3) is 0 Å². The Morgan fingerprint density at radius 3 is 1.90 bits per heavy atom. The van der Waals surface area contributed by atoms with Crippen molar-refractivity contribution >= 4 is 11.9 Å². The SMILES string of the molecule is C=C(CCC)OO[C@H]1CC[C@@]2(C)C(=C[C@H](O)C3C2OC[C@@]2(C)C3CC[C@@H]2OC(C)=O)C1.C=C(CCC)OO[C@H]1CC[C@@]2(C)C(C1)C[C@H](O)C1C2OC[C@@]2(C)C1CC[C@@H]2OC(=O)CC. The van der Waals surface area contributed by atoms with Crippen LogP contribution in [0.15, 0.2) is 36.3 Å². The van der Waals surface area contributed by atoms with E-state index in [2.05, 4.69) is 54.7 Å². The van der Waals surface area contributed by atoms with Crippen LogP contribution in [-0.2, 0) is 48.1 Å². The Bertz CT molecular complexity index is 1700. The number of allylic oxidation sites excluding steroid dienone is 2. The summed E-state index contributed by atoms with van der Waals surface area (Å²) >= 11 is 0. The van der Waals surface area contributed by atoms with E-state index < -0.39 is 12.2 Å². The lowest BCUT2D eigenvalue weighted by Gasteiger charge is -2.61. The zero-order valence-corrected chi connectivity index (χ0v) is 39.7. The third kappa shape index (κ3) is 9.30. The van der Waals surface area contributed by atoms with E-state index in [1.165, 1.54) is 12.5 Å². The smallest absolute Gasteiger partial charge is 0.305 e. The van der Waals surface area contributed by atoms with Gasteiger partial charge in [0, 0.05) is 54.3 Å². The highest BCUT2D eigenvalue weighted by molar-refractivity contribution is 5.69. The van der Waals surface area contributed by atoms with Crippen molar-refractivity contribution in [3.8, 4) is 0 Å². The van der Waals surface area contributed by atoms with Crippen LogP contribution in [0.4, 0.5) is 0 Å². The van der Waals surface area contributed by atoms with E-state index in [0.717, 1.165) is 96.3 Å². The molecule has 0 bridgehead atoms. The summed E-state index contributed by atoms with van der Waals surface area (Å²) in [6, 6.07) is 0. The Morgan fingerprint density at radius 1 is 0.730 bits per heavy atom. The van der Waals surface area contributed by atoms with E-state index in [1.54, 1.807) is 0 Å². The molecule has 63 heavy (non-hydrogen) atoms. The maximum atomic E-state index is 12.0. The van der Waals surface area contributed by atoms with Crippen molar-refractivity contribution in [1.29, 1.82) is 0 Å². The molecule has 17 atom stereocenters. The van der Waals surface area contributed by atoms with Crippen LogP contribution in [-0.4, -0.2) is 84.2 Å². The Hall–Kier alpha value is -2.48. The molecule has 0 aromatic heterocycles. The van der Waals surface area contributed by atoms with Gasteiger partial charge in [-0.2, -0.15) is 9.78 Å². The molecule has 12 nitrogen and oxygen atoms in total. The fraction of sp³-hybridized carbons (Fsp3) is 0.843. The molecular formula is C51H80O12. The highest BCUT2D eigenvalue weighted by atomic mass is 17.2. The van der Waals surface area contributed by atoms with E-state index in [0.29, 0.717) is 43.0 Å². The van der Waals surface area contributed by atoms with Gasteiger partial charge in [0.1, 0.15) is 35.9 Å². The zero-order chi connectivity index (χ0) is 45.5. The third-order valence-electron chi connectivity index (χ3n) is 17.6. The Morgan fingerprint density at radius 2 is 1.30 bits per heavy atom. The molecule has 8 aliphatic rings. The van der Waals surface area contributed by atoms with E-state index in [-0.39, 0.29) is 88.0 Å². The van der Waals surface area contributed by atoms with E-state index in [4.69, 9.17) is 38.5 Å². The fourth-order valence-corrected chi connectivity index (χ4v) is 14.0. The molecule has 5 saturated carbocycles. The van der Waals surface area contributed by atoms with Gasteiger partial charge < -0.3 is 38.9 Å². The van der Waals surface area contributed by atoms with Gasteiger partial charge in [-0.3, -0.25) is 9.59 Å². The van der Waals surface area contributed by atoms with Crippen molar-refractivity contribution in [2.24, 2.45) is 51.2 Å². The first-order valence-corrected chi connectivity index (χ1v) is 24.6. The highest BCUT2D eigenvalue weighted by Crippen LogP contribution is 2.63. The second kappa shape index (κ2) is 19.4. The lowest BCUT2D eigenvalue weighted by molar-refractivity contribution is -0.318. The molecule has 7 unspecified atom stereocenters. The zero-order valence-electron chi connectivity index (χ0n) is 39.7. The van der Waals surface area contributed by atoms with Crippen molar-refractivity contribution < 1.29 is 58.3 Å². The van der Waals surface area contributed by atoms with Gasteiger partial charge in [-0.1, -0.05) is 73.3 Å². The number of hydrogen-bond acceptors (Lipinski definition) is 12. The minimum atomic E-state index is -0.566. The highest BCUT2D eigenvalue weighted by Gasteiger charge is 2.65. The molecule has 12 heteroatoms. The van der Waals surface area contributed by atoms with E-state index in [1.807, 2.05) is 13.0 Å². The van der Waals surface area contributed by atoms with Crippen molar-refractivity contribution in [2.75, 3.05) is 13.2 Å². The summed E-state index contributed by atoms with van der Waals surface area (Å²) < 4.78 is 24.6. The minimum absolute atomic E-state index is 0.0176. The molecule has 8 rings (SSSR count). The van der Waals surface area contributed by atoms with Crippen LogP contribution in [0.5, 0.6) is 0 Å². The van der Waals surface area contributed by atoms with E-state index in [9.17, 15) is 19.8 Å². The van der Waals surface area contributed by atoms with Crippen molar-refractivity contribution in [3.63, 3.8) is 0 Å². The average Bonchev–Trinajstić information content (AvgIpc) is 3.75. The monoisotopic (exact) mass is 885 g/mol. The summed E-state index contributed by atoms with van der Waals surface area (Å²) in [4.78, 5) is 45.9. The molecule has 2 saturated heterocycles. The van der Waals surface area contributed by atoms with Gasteiger partial charge in [-0.15, -0.1) is 0 Å². The quantitative estimate of drug-likeness (QED) is 0.0597. The van der Waals surface area contributed by atoms with Gasteiger partial charge in [0.25, 0.3) is 0 Å². The molecular weight excluding hydrogens is 805 g/mol. The van der Waals surface area contributed by atoms with Gasteiger partial charge >= 0.3 is 11.9 Å². The van der Waals surface area contributed by atoms with Gasteiger partial charge in [0.15, 0.2) is 0 Å². The molecule has 0 spiro atoms. The first kappa shape index (κ1) is 48.5. The van der Waals surface area contributed by atoms with Crippen molar-refractivity contribution in [2.45, 2.75) is 207 Å². The summed E-state index contributed by atoms with van der Waals surface area (Å²) in [5, 5.41) is 22.5. The van der Waals surface area contributed by atoms with Crippen LogP contribution in [0.2, 0.25) is 0 Å². The second-order valence-electron chi connectivity index (χ2n) is 21.7. The Balaban J connectivity index is 0.000000189. The number of aliphatic hydroxyl groups excluding tert-OH is 2. The number of rotatable bonds is 13. The van der Waals surface area contributed by atoms with Crippen molar-refractivity contribution in [3.05, 3.63) is 36.3 Å². The van der Waals surface area contributed by atoms with E-state index >= 15 is 0 Å². The lowest BCUT2D eigenvalue weighted by Crippen LogP contribution is -2.64. The van der Waals surface area contributed by atoms with Gasteiger partial charge in [-0.05, 0) is 107 Å². The normalized spacial score (nSPS) is 44.6. The Kier molecular flexibility index (Phi) is 14.9. The lowest BCUT2D eigenvalue weighted by atomic mass is 9.50. The van der Waals surface area contributed by atoms with Gasteiger partial charge in [0.2, 0.25) is 0 Å². The van der Waals surface area contributed by atoms with Crippen molar-refractivity contribution in [1.82, 2.24) is 0 Å². The van der Waals surface area contributed by atoms with Crippen LogP contribution in [0, 0.1) is 51.2 Å². The van der Waals surface area contributed by atoms with Gasteiger partial charge in [-0.25, -0.2) is 0 Å². The summed E-state index contributed by atoms with van der Waals surface area (Å²) in [7, 11) is 0. The number of ether oxygens (including phenoxy) is 4. The topological polar surface area (TPSA) is 148 Å². The maximum absolute atomic E-state index is 12.0. The summed E-state index contributed by atoms with van der Waals surface area (Å²) in [5.41, 5.74) is 0.641. The number of carbonyl (C=O) groups is 2. The predicted molar refractivity (Wildman–Crippen MR) is 236 cm³/mol. The third-order valence-corrected chi connectivity index (χ3v) is 17.6. The summed E-state index contributed by atoms with van der Waals surface area (Å²) in [5.74, 6) is 2.00. The Labute approximate surface area is 377 Å². The molecule has 356 valence electrons. The molecule has 2 N–H and O–H groups in total. The number of fused-ring (bicyclic) bond motifs is 10. The maximum Gasteiger partial charge on any atom is 0.305 e. The molecule has 0 amide bonds. The predicted octanol–water partition coefficient (Wildman–Crippen LogP) is 9.41. The molecule has 2 aliphatic heterocycles. The first-order valence-electron chi connectivity index (χ1n) is 24.6. The summed E-state index contributed by atoms with van der Waals surface area (Å²) in [6.07, 6.45) is 14.5. The number of aliphatic hydroxyl groups is 2.